The van der Waals surface area contributed by atoms with Crippen molar-refractivity contribution in [3.05, 3.63) is 71.3 Å². The van der Waals surface area contributed by atoms with Gasteiger partial charge in [0.1, 0.15) is 12.1 Å². The predicted octanol–water partition coefficient (Wildman–Crippen LogP) is 2.86. The summed E-state index contributed by atoms with van der Waals surface area (Å²) < 4.78 is 0. The molecule has 4 amide bonds. The molecule has 160 valence electrons. The van der Waals surface area contributed by atoms with Crippen molar-refractivity contribution in [3.63, 3.8) is 0 Å². The maximum absolute atomic E-state index is 13.2. The number of amides is 4. The molecule has 6 nitrogen and oxygen atoms in total. The number of nitrogens with zero attached hydrogens (tertiary/aromatic N) is 2. The monoisotopic (exact) mass is 417 g/mol. The Hall–Kier alpha value is -3.15. The second-order valence-corrected chi connectivity index (χ2v) is 8.90. The van der Waals surface area contributed by atoms with E-state index in [1.807, 2.05) is 30.3 Å². The number of urea groups is 1. The zero-order valence-corrected chi connectivity index (χ0v) is 17.5. The zero-order chi connectivity index (χ0) is 21.4. The summed E-state index contributed by atoms with van der Waals surface area (Å²) in [5, 5.41) is 2.89. The highest BCUT2D eigenvalue weighted by Gasteiger charge is 2.55. The van der Waals surface area contributed by atoms with Crippen molar-refractivity contribution in [1.82, 2.24) is 15.1 Å². The molecule has 6 heteroatoms. The molecule has 31 heavy (non-hydrogen) atoms. The van der Waals surface area contributed by atoms with E-state index in [-0.39, 0.29) is 18.4 Å². The van der Waals surface area contributed by atoms with E-state index >= 15 is 0 Å². The van der Waals surface area contributed by atoms with Crippen LogP contribution in [0.4, 0.5) is 4.79 Å². The van der Waals surface area contributed by atoms with Gasteiger partial charge in [-0.3, -0.25) is 14.5 Å². The number of carbonyl (C=O) groups is 3. The lowest BCUT2D eigenvalue weighted by atomic mass is 9.90. The number of likely N-dealkylation sites (tertiary alicyclic amines) is 1. The van der Waals surface area contributed by atoms with Crippen LogP contribution in [0.5, 0.6) is 0 Å². The molecule has 1 aliphatic carbocycles. The zero-order valence-electron chi connectivity index (χ0n) is 17.5. The van der Waals surface area contributed by atoms with E-state index in [1.165, 1.54) is 5.56 Å². The molecule has 2 aliphatic heterocycles. The smallest absolute Gasteiger partial charge is 0.325 e. The van der Waals surface area contributed by atoms with Crippen molar-refractivity contribution >= 4 is 17.8 Å². The minimum absolute atomic E-state index is 0.148. The van der Waals surface area contributed by atoms with E-state index in [0.29, 0.717) is 25.4 Å². The SMILES string of the molecule is O=C(CN1C(=O)NC2(CCc3ccccc32)C1=O)N1CCC(Cc2ccccc2)CC1. The lowest BCUT2D eigenvalue weighted by Crippen LogP contribution is -2.47. The normalized spacial score (nSPS) is 23.4. The molecule has 2 heterocycles. The van der Waals surface area contributed by atoms with Gasteiger partial charge in [0.05, 0.1) is 0 Å². The first-order valence-electron chi connectivity index (χ1n) is 11.1. The fraction of sp³-hybridized carbons (Fsp3) is 0.400. The summed E-state index contributed by atoms with van der Waals surface area (Å²) in [6.45, 7) is 1.17. The Morgan fingerprint density at radius 3 is 2.48 bits per heavy atom. The molecule has 2 aromatic rings. The van der Waals surface area contributed by atoms with Gasteiger partial charge < -0.3 is 10.2 Å². The van der Waals surface area contributed by atoms with Crippen LogP contribution in [-0.2, 0) is 28.0 Å². The van der Waals surface area contributed by atoms with Crippen LogP contribution in [0, 0.1) is 5.92 Å². The largest absolute Gasteiger partial charge is 0.341 e. The fourth-order valence-electron chi connectivity index (χ4n) is 5.30. The van der Waals surface area contributed by atoms with E-state index in [4.69, 9.17) is 0 Å². The number of imide groups is 1. The number of benzene rings is 2. The summed E-state index contributed by atoms with van der Waals surface area (Å²) in [5.74, 6) is 0.112. The van der Waals surface area contributed by atoms with Gasteiger partial charge in [0, 0.05) is 13.1 Å². The number of fused-ring (bicyclic) bond motifs is 2. The lowest BCUT2D eigenvalue weighted by Gasteiger charge is -2.33. The first kappa shape index (κ1) is 19.8. The van der Waals surface area contributed by atoms with Crippen LogP contribution >= 0.6 is 0 Å². The van der Waals surface area contributed by atoms with Crippen molar-refractivity contribution in [2.45, 2.75) is 37.6 Å². The molecule has 1 spiro atoms. The Balaban J connectivity index is 1.21. The number of hydrogen-bond acceptors (Lipinski definition) is 3. The number of hydrogen-bond donors (Lipinski definition) is 1. The van der Waals surface area contributed by atoms with Crippen molar-refractivity contribution in [3.8, 4) is 0 Å². The van der Waals surface area contributed by atoms with Crippen LogP contribution in [0.25, 0.3) is 0 Å². The van der Waals surface area contributed by atoms with Crippen molar-refractivity contribution in [2.75, 3.05) is 19.6 Å². The summed E-state index contributed by atoms with van der Waals surface area (Å²) >= 11 is 0. The number of carbonyl (C=O) groups excluding carboxylic acids is 3. The van der Waals surface area contributed by atoms with Gasteiger partial charge in [0.25, 0.3) is 5.91 Å². The summed E-state index contributed by atoms with van der Waals surface area (Å²) in [4.78, 5) is 41.7. The molecule has 5 rings (SSSR count). The highest BCUT2D eigenvalue weighted by molar-refractivity contribution is 6.09. The standard InChI is InChI=1S/C25H27N3O3/c29-22(27-14-11-19(12-15-27)16-18-6-2-1-3-7-18)17-28-23(30)25(26-24(28)31)13-10-20-8-4-5-9-21(20)25/h1-9,19H,10-17H2,(H,26,31). The molecule has 0 aromatic heterocycles. The number of aryl methyl sites for hydroxylation is 1. The molecule has 1 atom stereocenters. The van der Waals surface area contributed by atoms with Crippen molar-refractivity contribution in [2.24, 2.45) is 5.92 Å². The first-order valence-corrected chi connectivity index (χ1v) is 11.1. The van der Waals surface area contributed by atoms with Gasteiger partial charge in [-0.1, -0.05) is 54.6 Å². The topological polar surface area (TPSA) is 69.7 Å². The molecule has 0 saturated carbocycles. The van der Waals surface area contributed by atoms with Crippen LogP contribution in [0.15, 0.2) is 54.6 Å². The second-order valence-electron chi connectivity index (χ2n) is 8.90. The van der Waals surface area contributed by atoms with Crippen LogP contribution in [0.2, 0.25) is 0 Å². The van der Waals surface area contributed by atoms with E-state index in [1.54, 1.807) is 4.90 Å². The van der Waals surface area contributed by atoms with Gasteiger partial charge in [-0.2, -0.15) is 0 Å². The predicted molar refractivity (Wildman–Crippen MR) is 116 cm³/mol. The van der Waals surface area contributed by atoms with Crippen LogP contribution in [0.1, 0.15) is 36.0 Å². The van der Waals surface area contributed by atoms with Gasteiger partial charge in [-0.25, -0.2) is 4.79 Å². The van der Waals surface area contributed by atoms with Gasteiger partial charge in [0.2, 0.25) is 5.91 Å². The Kier molecular flexibility index (Phi) is 5.00. The highest BCUT2D eigenvalue weighted by Crippen LogP contribution is 2.41. The summed E-state index contributed by atoms with van der Waals surface area (Å²) in [6, 6.07) is 17.7. The minimum atomic E-state index is -1.00. The highest BCUT2D eigenvalue weighted by atomic mass is 16.2. The number of piperidine rings is 1. The lowest BCUT2D eigenvalue weighted by molar-refractivity contribution is -0.140. The average Bonchev–Trinajstić information content (AvgIpc) is 3.28. The molecule has 1 N–H and O–H groups in total. The molecule has 2 saturated heterocycles. The number of rotatable bonds is 4. The number of nitrogens with one attached hydrogen (secondary N) is 1. The van der Waals surface area contributed by atoms with E-state index in [9.17, 15) is 14.4 Å². The van der Waals surface area contributed by atoms with Crippen LogP contribution < -0.4 is 5.32 Å². The van der Waals surface area contributed by atoms with Crippen LogP contribution in [-0.4, -0.2) is 47.3 Å². The Morgan fingerprint density at radius 1 is 1.00 bits per heavy atom. The molecular formula is C25H27N3O3. The summed E-state index contributed by atoms with van der Waals surface area (Å²) in [5.41, 5.74) is 2.28. The minimum Gasteiger partial charge on any atom is -0.341 e. The van der Waals surface area contributed by atoms with Gasteiger partial charge in [-0.15, -0.1) is 0 Å². The Labute approximate surface area is 182 Å². The third-order valence-electron chi connectivity index (χ3n) is 7.05. The van der Waals surface area contributed by atoms with Gasteiger partial charge >= 0.3 is 6.03 Å². The van der Waals surface area contributed by atoms with Crippen molar-refractivity contribution in [1.29, 1.82) is 0 Å². The van der Waals surface area contributed by atoms with Crippen LogP contribution in [0.3, 0.4) is 0 Å². The molecule has 2 fully saturated rings. The molecular weight excluding hydrogens is 390 g/mol. The Bertz CT molecular complexity index is 1010. The quantitative estimate of drug-likeness (QED) is 0.778. The third-order valence-corrected chi connectivity index (χ3v) is 7.05. The fourth-order valence-corrected chi connectivity index (χ4v) is 5.30. The molecule has 2 aromatic carbocycles. The van der Waals surface area contributed by atoms with Gasteiger partial charge in [-0.05, 0) is 54.7 Å². The van der Waals surface area contributed by atoms with E-state index in [2.05, 4.69) is 29.6 Å². The van der Waals surface area contributed by atoms with E-state index < -0.39 is 11.6 Å². The first-order chi connectivity index (χ1) is 15.1. The van der Waals surface area contributed by atoms with Crippen molar-refractivity contribution < 1.29 is 14.4 Å². The molecule has 0 bridgehead atoms. The molecule has 1 unspecified atom stereocenters. The third kappa shape index (κ3) is 3.50. The van der Waals surface area contributed by atoms with Gasteiger partial charge in [0.15, 0.2) is 0 Å². The second kappa shape index (κ2) is 7.84. The molecule has 3 aliphatic rings. The maximum atomic E-state index is 13.2. The molecule has 0 radical (unpaired) electrons. The maximum Gasteiger partial charge on any atom is 0.325 e. The Morgan fingerprint density at radius 2 is 1.71 bits per heavy atom. The summed E-state index contributed by atoms with van der Waals surface area (Å²) in [6.07, 6.45) is 4.21. The average molecular weight is 418 g/mol. The summed E-state index contributed by atoms with van der Waals surface area (Å²) in [7, 11) is 0. The van der Waals surface area contributed by atoms with E-state index in [0.717, 1.165) is 41.7 Å².